The van der Waals surface area contributed by atoms with Crippen LogP contribution in [-0.2, 0) is 14.3 Å². The highest BCUT2D eigenvalue weighted by Gasteiger charge is 2.32. The van der Waals surface area contributed by atoms with Gasteiger partial charge in [0.25, 0.3) is 0 Å². The Kier molecular flexibility index (Phi) is 4.99. The van der Waals surface area contributed by atoms with Crippen molar-refractivity contribution in [3.8, 4) is 5.75 Å². The van der Waals surface area contributed by atoms with Gasteiger partial charge >= 0.3 is 0 Å². The van der Waals surface area contributed by atoms with E-state index in [-0.39, 0.29) is 17.7 Å². The second kappa shape index (κ2) is 7.04. The third kappa shape index (κ3) is 3.95. The van der Waals surface area contributed by atoms with Gasteiger partial charge in [-0.3, -0.25) is 9.59 Å². The van der Waals surface area contributed by atoms with Gasteiger partial charge in [-0.2, -0.15) is 0 Å². The van der Waals surface area contributed by atoms with Gasteiger partial charge in [-0.1, -0.05) is 20.8 Å². The normalized spacial score (nSPS) is 18.3. The molecular formula is C19H26N2O4. The van der Waals surface area contributed by atoms with Gasteiger partial charge in [0.15, 0.2) is 0 Å². The van der Waals surface area contributed by atoms with Crippen LogP contribution in [0, 0.1) is 11.3 Å². The van der Waals surface area contributed by atoms with Crippen molar-refractivity contribution >= 4 is 23.2 Å². The summed E-state index contributed by atoms with van der Waals surface area (Å²) in [7, 11) is 0. The van der Waals surface area contributed by atoms with Crippen molar-refractivity contribution in [2.24, 2.45) is 11.3 Å². The summed E-state index contributed by atoms with van der Waals surface area (Å²) < 4.78 is 11.0. The Morgan fingerprint density at radius 3 is 2.56 bits per heavy atom. The molecule has 25 heavy (non-hydrogen) atoms. The molecule has 0 spiro atoms. The van der Waals surface area contributed by atoms with E-state index >= 15 is 0 Å². The quantitative estimate of drug-likeness (QED) is 0.894. The van der Waals surface area contributed by atoms with Crippen LogP contribution in [0.4, 0.5) is 11.4 Å². The van der Waals surface area contributed by atoms with Gasteiger partial charge < -0.3 is 19.7 Å². The minimum atomic E-state index is -0.476. The molecule has 0 aliphatic carbocycles. The maximum absolute atomic E-state index is 12.7. The van der Waals surface area contributed by atoms with E-state index in [0.29, 0.717) is 37.8 Å². The molecule has 2 amide bonds. The lowest BCUT2D eigenvalue weighted by atomic mass is 9.94. The van der Waals surface area contributed by atoms with Crippen LogP contribution in [-0.4, -0.2) is 38.2 Å². The van der Waals surface area contributed by atoms with E-state index in [4.69, 9.17) is 9.47 Å². The number of carbonyl (C=O) groups is 2. The van der Waals surface area contributed by atoms with Crippen LogP contribution in [0.2, 0.25) is 0 Å². The monoisotopic (exact) mass is 346 g/mol. The number of amides is 2. The average Bonchev–Trinajstić information content (AvgIpc) is 2.60. The van der Waals surface area contributed by atoms with E-state index in [1.54, 1.807) is 4.90 Å². The summed E-state index contributed by atoms with van der Waals surface area (Å²) in [4.78, 5) is 26.9. The maximum atomic E-state index is 12.7. The van der Waals surface area contributed by atoms with E-state index in [1.807, 2.05) is 39.0 Å². The molecule has 136 valence electrons. The summed E-state index contributed by atoms with van der Waals surface area (Å²) in [5, 5.41) is 2.97. The number of fused-ring (bicyclic) bond motifs is 1. The van der Waals surface area contributed by atoms with Crippen molar-refractivity contribution in [3.05, 3.63) is 18.2 Å². The number of rotatable bonds is 2. The number of nitrogens with zero attached hydrogens (tertiary/aromatic N) is 1. The summed E-state index contributed by atoms with van der Waals surface area (Å²) in [6.45, 7) is 7.96. The molecular weight excluding hydrogens is 320 g/mol. The van der Waals surface area contributed by atoms with Crippen LogP contribution in [0.15, 0.2) is 18.2 Å². The lowest BCUT2D eigenvalue weighted by molar-refractivity contribution is -0.126. The van der Waals surface area contributed by atoms with E-state index in [9.17, 15) is 9.59 Å². The molecule has 0 saturated carbocycles. The number of carbonyl (C=O) groups excluding carboxylic acids is 2. The first-order chi connectivity index (χ1) is 11.9. The zero-order chi connectivity index (χ0) is 18.0. The second-order valence-corrected chi connectivity index (χ2v) is 7.61. The standard InChI is InChI=1S/C19H26N2O4/c1-19(2,3)18(23)21-8-11-25-16-5-4-14(12-15(16)21)20-17(22)13-6-9-24-10-7-13/h4-5,12-13H,6-11H2,1-3H3,(H,20,22). The van der Waals surface area contributed by atoms with Gasteiger partial charge in [-0.15, -0.1) is 0 Å². The first kappa shape index (κ1) is 17.7. The molecule has 0 unspecified atom stereocenters. The largest absolute Gasteiger partial charge is 0.490 e. The van der Waals surface area contributed by atoms with Crippen LogP contribution >= 0.6 is 0 Å². The molecule has 1 fully saturated rings. The number of hydrogen-bond acceptors (Lipinski definition) is 4. The highest BCUT2D eigenvalue weighted by atomic mass is 16.5. The highest BCUT2D eigenvalue weighted by molar-refractivity contribution is 6.00. The summed E-state index contributed by atoms with van der Waals surface area (Å²) in [5.41, 5.74) is 0.930. The Morgan fingerprint density at radius 2 is 1.88 bits per heavy atom. The van der Waals surface area contributed by atoms with Crippen LogP contribution in [0.5, 0.6) is 5.75 Å². The SMILES string of the molecule is CC(C)(C)C(=O)N1CCOc2ccc(NC(=O)C3CCOCC3)cc21. The van der Waals surface area contributed by atoms with Gasteiger partial charge in [-0.25, -0.2) is 0 Å². The van der Waals surface area contributed by atoms with Gasteiger partial charge in [0.2, 0.25) is 11.8 Å². The number of hydrogen-bond donors (Lipinski definition) is 1. The van der Waals surface area contributed by atoms with Gasteiger partial charge in [0.05, 0.1) is 12.2 Å². The van der Waals surface area contributed by atoms with Crippen molar-refractivity contribution in [2.75, 3.05) is 36.6 Å². The fraction of sp³-hybridized carbons (Fsp3) is 0.579. The van der Waals surface area contributed by atoms with Crippen molar-refractivity contribution < 1.29 is 19.1 Å². The second-order valence-electron chi connectivity index (χ2n) is 7.61. The predicted octanol–water partition coefficient (Wildman–Crippen LogP) is 2.82. The molecule has 2 aliphatic rings. The maximum Gasteiger partial charge on any atom is 0.232 e. The van der Waals surface area contributed by atoms with Crippen molar-refractivity contribution in [1.82, 2.24) is 0 Å². The number of anilines is 2. The predicted molar refractivity (Wildman–Crippen MR) is 95.9 cm³/mol. The van der Waals surface area contributed by atoms with Crippen molar-refractivity contribution in [1.29, 1.82) is 0 Å². The minimum Gasteiger partial charge on any atom is -0.490 e. The van der Waals surface area contributed by atoms with E-state index in [2.05, 4.69) is 5.32 Å². The smallest absolute Gasteiger partial charge is 0.232 e. The Balaban J connectivity index is 1.79. The molecule has 0 atom stereocenters. The molecule has 0 aromatic heterocycles. The van der Waals surface area contributed by atoms with E-state index in [0.717, 1.165) is 18.5 Å². The molecule has 2 aliphatic heterocycles. The van der Waals surface area contributed by atoms with Crippen LogP contribution in [0.3, 0.4) is 0 Å². The Hall–Kier alpha value is -2.08. The average molecular weight is 346 g/mol. The molecule has 1 aromatic carbocycles. The molecule has 2 heterocycles. The zero-order valence-electron chi connectivity index (χ0n) is 15.1. The first-order valence-electron chi connectivity index (χ1n) is 8.84. The zero-order valence-corrected chi connectivity index (χ0v) is 15.1. The highest BCUT2D eigenvalue weighted by Crippen LogP contribution is 2.36. The fourth-order valence-corrected chi connectivity index (χ4v) is 3.12. The number of nitrogens with one attached hydrogen (secondary N) is 1. The first-order valence-corrected chi connectivity index (χ1v) is 8.84. The molecule has 3 rings (SSSR count). The molecule has 1 N–H and O–H groups in total. The molecule has 1 aromatic rings. The molecule has 6 nitrogen and oxygen atoms in total. The Labute approximate surface area is 148 Å². The summed E-state index contributed by atoms with van der Waals surface area (Å²) in [6, 6.07) is 5.47. The lowest BCUT2D eigenvalue weighted by Crippen LogP contribution is -2.44. The lowest BCUT2D eigenvalue weighted by Gasteiger charge is -2.34. The van der Waals surface area contributed by atoms with E-state index < -0.39 is 5.41 Å². The fourth-order valence-electron chi connectivity index (χ4n) is 3.12. The van der Waals surface area contributed by atoms with Crippen LogP contribution in [0.1, 0.15) is 33.6 Å². The van der Waals surface area contributed by atoms with Crippen molar-refractivity contribution in [3.63, 3.8) is 0 Å². The Bertz CT molecular complexity index is 660. The molecule has 0 radical (unpaired) electrons. The van der Waals surface area contributed by atoms with Crippen LogP contribution < -0.4 is 15.0 Å². The molecule has 1 saturated heterocycles. The summed E-state index contributed by atoms with van der Waals surface area (Å²) in [6.07, 6.45) is 1.49. The topological polar surface area (TPSA) is 67.9 Å². The third-order valence-electron chi connectivity index (χ3n) is 4.57. The number of ether oxygens (including phenoxy) is 2. The number of benzene rings is 1. The van der Waals surface area contributed by atoms with E-state index in [1.165, 1.54) is 0 Å². The Morgan fingerprint density at radius 1 is 1.16 bits per heavy atom. The van der Waals surface area contributed by atoms with Crippen molar-refractivity contribution in [2.45, 2.75) is 33.6 Å². The molecule has 0 bridgehead atoms. The summed E-state index contributed by atoms with van der Waals surface area (Å²) >= 11 is 0. The van der Waals surface area contributed by atoms with Crippen LogP contribution in [0.25, 0.3) is 0 Å². The molecule has 6 heteroatoms. The third-order valence-corrected chi connectivity index (χ3v) is 4.57. The van der Waals surface area contributed by atoms with Gasteiger partial charge in [-0.05, 0) is 31.0 Å². The van der Waals surface area contributed by atoms with Gasteiger partial charge in [0.1, 0.15) is 12.4 Å². The minimum absolute atomic E-state index is 0.00803. The summed E-state index contributed by atoms with van der Waals surface area (Å²) in [5.74, 6) is 0.708. The van der Waals surface area contributed by atoms with Gasteiger partial charge in [0, 0.05) is 30.2 Å².